The summed E-state index contributed by atoms with van der Waals surface area (Å²) in [7, 11) is 0. The number of nitrogens with zero attached hydrogens (tertiary/aromatic N) is 5. The Morgan fingerprint density at radius 2 is 2.03 bits per heavy atom. The molecule has 3 aromatic rings. The van der Waals surface area contributed by atoms with Crippen molar-refractivity contribution in [3.05, 3.63) is 41.0 Å². The van der Waals surface area contributed by atoms with Crippen molar-refractivity contribution >= 4 is 45.7 Å². The van der Waals surface area contributed by atoms with Crippen LogP contribution in [-0.4, -0.2) is 58.5 Å². The Morgan fingerprint density at radius 1 is 1.18 bits per heavy atom. The molecule has 0 spiro atoms. The van der Waals surface area contributed by atoms with E-state index in [4.69, 9.17) is 10.4 Å². The lowest BCUT2D eigenvalue weighted by Crippen LogP contribution is -2.20. The van der Waals surface area contributed by atoms with E-state index < -0.39 is 0 Å². The molecule has 4 heterocycles. The van der Waals surface area contributed by atoms with Gasteiger partial charge in [-0.2, -0.15) is 0 Å². The molecular weight excluding hydrogens is 430 g/mol. The lowest BCUT2D eigenvalue weighted by molar-refractivity contribution is 0.336. The molecule has 4 rings (SSSR count). The van der Waals surface area contributed by atoms with Crippen molar-refractivity contribution < 1.29 is 0 Å². The first kappa shape index (κ1) is 23.4. The van der Waals surface area contributed by atoms with E-state index in [1.54, 1.807) is 11.3 Å². The molecule has 8 heteroatoms. The van der Waals surface area contributed by atoms with Crippen LogP contribution in [0.4, 0.5) is 10.9 Å². The van der Waals surface area contributed by atoms with Gasteiger partial charge in [-0.1, -0.05) is 13.8 Å². The number of aromatic nitrogens is 3. The summed E-state index contributed by atoms with van der Waals surface area (Å²) in [5.74, 6) is 1.16. The minimum atomic E-state index is -0.190. The molecule has 1 aliphatic rings. The second-order valence-corrected chi connectivity index (χ2v) is 10.1. The van der Waals surface area contributed by atoms with Crippen LogP contribution in [-0.2, 0) is 6.42 Å². The highest BCUT2D eigenvalue weighted by molar-refractivity contribution is 7.15. The molecule has 0 radical (unpaired) electrons. The predicted molar refractivity (Wildman–Crippen MR) is 139 cm³/mol. The summed E-state index contributed by atoms with van der Waals surface area (Å²) in [4.78, 5) is 22.1. The number of fused-ring (bicyclic) bond motifs is 1. The fourth-order valence-electron chi connectivity index (χ4n) is 4.05. The highest BCUT2D eigenvalue weighted by atomic mass is 32.1. The zero-order chi connectivity index (χ0) is 23.0. The lowest BCUT2D eigenvalue weighted by Gasteiger charge is -2.13. The number of aliphatic imine (C=N–C) groups is 1. The van der Waals surface area contributed by atoms with Crippen LogP contribution in [0, 0.1) is 11.3 Å². The average Bonchev–Trinajstić information content (AvgIpc) is 3.47. The van der Waals surface area contributed by atoms with Gasteiger partial charge in [0.15, 0.2) is 5.13 Å². The maximum absolute atomic E-state index is 7.87. The number of pyridine rings is 2. The van der Waals surface area contributed by atoms with Crippen LogP contribution in [0.1, 0.15) is 49.5 Å². The molecule has 0 bridgehead atoms. The fourth-order valence-corrected chi connectivity index (χ4v) is 5.08. The van der Waals surface area contributed by atoms with Gasteiger partial charge < -0.3 is 15.6 Å². The number of hydrogen-bond donors (Lipinski definition) is 2. The van der Waals surface area contributed by atoms with E-state index in [2.05, 4.69) is 39.0 Å². The Morgan fingerprint density at radius 3 is 2.82 bits per heavy atom. The van der Waals surface area contributed by atoms with E-state index in [1.165, 1.54) is 37.0 Å². The SMILES string of the molecule is CC(C)Cc1cnc(Nc2ccc3ncc(C(C=N)C=NCCCN4CCCC4)cc3n2)s1. The van der Waals surface area contributed by atoms with Crippen LogP contribution in [0.3, 0.4) is 0 Å². The highest BCUT2D eigenvalue weighted by Gasteiger charge is 2.11. The van der Waals surface area contributed by atoms with Gasteiger partial charge in [-0.15, -0.1) is 11.3 Å². The third kappa shape index (κ3) is 6.65. The van der Waals surface area contributed by atoms with Gasteiger partial charge in [0, 0.05) is 36.2 Å². The van der Waals surface area contributed by atoms with Crippen molar-refractivity contribution in [1.82, 2.24) is 19.9 Å². The molecule has 1 fully saturated rings. The van der Waals surface area contributed by atoms with Crippen LogP contribution in [0.5, 0.6) is 0 Å². The van der Waals surface area contributed by atoms with Crippen LogP contribution in [0.2, 0.25) is 0 Å². The largest absolute Gasteiger partial charge is 0.316 e. The third-order valence-electron chi connectivity index (χ3n) is 5.75. The molecule has 0 aromatic carbocycles. The van der Waals surface area contributed by atoms with Gasteiger partial charge in [0.1, 0.15) is 5.82 Å². The maximum Gasteiger partial charge on any atom is 0.188 e. The smallest absolute Gasteiger partial charge is 0.188 e. The second-order valence-electron chi connectivity index (χ2n) is 9.01. The molecule has 1 atom stereocenters. The van der Waals surface area contributed by atoms with Gasteiger partial charge in [-0.25, -0.2) is 9.97 Å². The van der Waals surface area contributed by atoms with E-state index >= 15 is 0 Å². The van der Waals surface area contributed by atoms with Gasteiger partial charge in [0.25, 0.3) is 0 Å². The molecule has 0 aliphatic carbocycles. The molecule has 0 amide bonds. The molecule has 0 saturated carbocycles. The summed E-state index contributed by atoms with van der Waals surface area (Å²) in [6, 6.07) is 5.89. The first-order valence-electron chi connectivity index (χ1n) is 11.8. The van der Waals surface area contributed by atoms with Gasteiger partial charge in [-0.05, 0) is 75.0 Å². The Balaban J connectivity index is 1.40. The third-order valence-corrected chi connectivity index (χ3v) is 6.68. The average molecular weight is 464 g/mol. The maximum atomic E-state index is 7.87. The van der Waals surface area contributed by atoms with E-state index in [0.717, 1.165) is 53.5 Å². The summed E-state index contributed by atoms with van der Waals surface area (Å²) in [5.41, 5.74) is 2.56. The lowest BCUT2D eigenvalue weighted by atomic mass is 10.0. The molecule has 3 aromatic heterocycles. The molecule has 174 valence electrons. The summed E-state index contributed by atoms with van der Waals surface area (Å²) < 4.78 is 0. The van der Waals surface area contributed by atoms with Crippen LogP contribution < -0.4 is 5.32 Å². The molecule has 2 N–H and O–H groups in total. The summed E-state index contributed by atoms with van der Waals surface area (Å²) in [6.07, 6.45) is 11.8. The zero-order valence-electron chi connectivity index (χ0n) is 19.5. The molecule has 1 unspecified atom stereocenters. The standard InChI is InChI=1S/C25H33N7S/c1-18(2)12-21-17-29-25(33-21)31-24-7-6-22-23(30-24)13-19(16-28-22)20(14-26)15-27-8-5-11-32-9-3-4-10-32/h6-7,13-18,20,26H,3-5,8-12H2,1-2H3,(H,29,30,31). The minimum absolute atomic E-state index is 0.190. The van der Waals surface area contributed by atoms with E-state index in [9.17, 15) is 0 Å². The fraction of sp³-hybridized carbons (Fsp3) is 0.480. The topological polar surface area (TPSA) is 90.2 Å². The summed E-state index contributed by atoms with van der Waals surface area (Å²) in [6.45, 7) is 8.78. The number of thiazole rings is 1. The van der Waals surface area contributed by atoms with E-state index in [1.807, 2.05) is 36.8 Å². The van der Waals surface area contributed by atoms with Crippen molar-refractivity contribution in [2.24, 2.45) is 10.9 Å². The van der Waals surface area contributed by atoms with Crippen molar-refractivity contribution in [2.45, 2.75) is 45.4 Å². The molecule has 33 heavy (non-hydrogen) atoms. The summed E-state index contributed by atoms with van der Waals surface area (Å²) in [5, 5.41) is 12.0. The highest BCUT2D eigenvalue weighted by Crippen LogP contribution is 2.25. The van der Waals surface area contributed by atoms with Crippen molar-refractivity contribution in [1.29, 1.82) is 5.41 Å². The quantitative estimate of drug-likeness (QED) is 0.297. The van der Waals surface area contributed by atoms with E-state index in [-0.39, 0.29) is 5.92 Å². The molecule has 1 saturated heterocycles. The predicted octanol–water partition coefficient (Wildman–Crippen LogP) is 5.32. The van der Waals surface area contributed by atoms with Crippen molar-refractivity contribution in [2.75, 3.05) is 31.5 Å². The number of nitrogens with one attached hydrogen (secondary N) is 2. The van der Waals surface area contributed by atoms with Gasteiger partial charge in [0.2, 0.25) is 0 Å². The molecular formula is C25H33N7S. The van der Waals surface area contributed by atoms with Gasteiger partial charge >= 0.3 is 0 Å². The van der Waals surface area contributed by atoms with Crippen molar-refractivity contribution in [3.8, 4) is 0 Å². The number of anilines is 2. The normalized spacial score (nSPS) is 15.6. The van der Waals surface area contributed by atoms with E-state index in [0.29, 0.717) is 5.92 Å². The number of rotatable bonds is 11. The Labute approximate surface area is 199 Å². The molecule has 7 nitrogen and oxygen atoms in total. The summed E-state index contributed by atoms with van der Waals surface area (Å²) >= 11 is 1.67. The van der Waals surface area contributed by atoms with Crippen LogP contribution in [0.25, 0.3) is 11.0 Å². The Hall–Kier alpha value is -2.71. The Kier molecular flexibility index (Phi) is 8.12. The van der Waals surface area contributed by atoms with Crippen LogP contribution >= 0.6 is 11.3 Å². The van der Waals surface area contributed by atoms with Crippen molar-refractivity contribution in [3.63, 3.8) is 0 Å². The minimum Gasteiger partial charge on any atom is -0.316 e. The molecule has 1 aliphatic heterocycles. The Bertz CT molecular complexity index is 1090. The zero-order valence-corrected chi connectivity index (χ0v) is 20.3. The number of likely N-dealkylation sites (tertiary alicyclic amines) is 1. The monoisotopic (exact) mass is 463 g/mol. The van der Waals surface area contributed by atoms with Gasteiger partial charge in [-0.3, -0.25) is 9.98 Å². The second kappa shape index (κ2) is 11.4. The first-order chi connectivity index (χ1) is 16.1. The first-order valence-corrected chi connectivity index (χ1v) is 12.6. The van der Waals surface area contributed by atoms with Crippen LogP contribution in [0.15, 0.2) is 35.6 Å². The van der Waals surface area contributed by atoms with Gasteiger partial charge in [0.05, 0.1) is 17.0 Å². The number of hydrogen-bond acceptors (Lipinski definition) is 8.